The smallest absolute Gasteiger partial charge is 0.221 e. The zero-order valence-electron chi connectivity index (χ0n) is 10.7. The second kappa shape index (κ2) is 9.57. The number of hydrogen-bond donors (Lipinski definition) is 2. The maximum Gasteiger partial charge on any atom is 0.221 e. The maximum absolute atomic E-state index is 11.5. The minimum atomic E-state index is -0.0802. The van der Waals surface area contributed by atoms with E-state index >= 15 is 0 Å². The summed E-state index contributed by atoms with van der Waals surface area (Å²) in [4.78, 5) is 11.5. The van der Waals surface area contributed by atoms with Gasteiger partial charge in [0.2, 0.25) is 5.91 Å². The number of carbonyl (C=O) groups excluding carboxylic acids is 1. The Labute approximate surface area is 97.9 Å². The van der Waals surface area contributed by atoms with Crippen molar-refractivity contribution < 1.29 is 14.3 Å². The third-order valence-electron chi connectivity index (χ3n) is 2.26. The quantitative estimate of drug-likeness (QED) is 0.594. The molecule has 0 aromatic heterocycles. The van der Waals surface area contributed by atoms with Gasteiger partial charge in [-0.25, -0.2) is 0 Å². The summed E-state index contributed by atoms with van der Waals surface area (Å²) in [7, 11) is 3.22. The summed E-state index contributed by atoms with van der Waals surface area (Å²) in [6, 6.07) is 0.202. The third-order valence-corrected chi connectivity index (χ3v) is 2.26. The van der Waals surface area contributed by atoms with Crippen LogP contribution in [0.3, 0.4) is 0 Å². The van der Waals surface area contributed by atoms with Crippen molar-refractivity contribution in [2.45, 2.75) is 32.4 Å². The van der Waals surface area contributed by atoms with Crippen LogP contribution in [0.1, 0.15) is 20.3 Å². The molecule has 16 heavy (non-hydrogen) atoms. The fourth-order valence-electron chi connectivity index (χ4n) is 1.39. The Morgan fingerprint density at radius 3 is 2.56 bits per heavy atom. The molecule has 0 bridgehead atoms. The first-order valence-corrected chi connectivity index (χ1v) is 5.65. The lowest BCUT2D eigenvalue weighted by Crippen LogP contribution is -2.38. The van der Waals surface area contributed by atoms with Crippen molar-refractivity contribution in [3.8, 4) is 0 Å². The largest absolute Gasteiger partial charge is 0.382 e. The van der Waals surface area contributed by atoms with E-state index in [1.165, 1.54) is 0 Å². The number of methoxy groups -OCH3 is 2. The molecule has 5 heteroatoms. The van der Waals surface area contributed by atoms with E-state index in [2.05, 4.69) is 10.6 Å². The Morgan fingerprint density at radius 2 is 2.06 bits per heavy atom. The summed E-state index contributed by atoms with van der Waals surface area (Å²) >= 11 is 0. The molecular formula is C11H24N2O3. The monoisotopic (exact) mass is 232 g/mol. The first-order chi connectivity index (χ1) is 7.63. The highest BCUT2D eigenvalue weighted by Crippen LogP contribution is 1.92. The van der Waals surface area contributed by atoms with Crippen LogP contribution < -0.4 is 10.6 Å². The van der Waals surface area contributed by atoms with Gasteiger partial charge in [0.1, 0.15) is 0 Å². The number of ether oxygens (including phenoxy) is 2. The van der Waals surface area contributed by atoms with E-state index in [1.54, 1.807) is 14.2 Å². The molecule has 1 amide bonds. The third kappa shape index (κ3) is 7.62. The molecule has 96 valence electrons. The molecule has 2 atom stereocenters. The molecule has 5 nitrogen and oxygen atoms in total. The molecule has 0 saturated carbocycles. The van der Waals surface area contributed by atoms with E-state index in [4.69, 9.17) is 9.47 Å². The summed E-state index contributed by atoms with van der Waals surface area (Å²) < 4.78 is 10.1. The lowest BCUT2D eigenvalue weighted by atomic mass is 10.2. The van der Waals surface area contributed by atoms with Crippen LogP contribution in [0.2, 0.25) is 0 Å². The molecule has 0 aromatic carbocycles. The molecular weight excluding hydrogens is 208 g/mol. The molecule has 0 saturated heterocycles. The number of rotatable bonds is 9. The van der Waals surface area contributed by atoms with Gasteiger partial charge < -0.3 is 20.1 Å². The molecule has 0 aliphatic carbocycles. The molecule has 2 unspecified atom stereocenters. The zero-order chi connectivity index (χ0) is 12.4. The summed E-state index contributed by atoms with van der Waals surface area (Å²) in [5, 5.41) is 6.01. The van der Waals surface area contributed by atoms with Crippen molar-refractivity contribution in [2.75, 3.05) is 33.9 Å². The van der Waals surface area contributed by atoms with E-state index in [1.807, 2.05) is 13.8 Å². The van der Waals surface area contributed by atoms with Crippen molar-refractivity contribution in [1.29, 1.82) is 0 Å². The standard InChI is InChI=1S/C11H24N2O3/c1-5-12-9(2)6-11(14)13-7-10(16-4)8-15-3/h9-10,12H,5-8H2,1-4H3,(H,13,14). The number of amides is 1. The molecule has 0 fully saturated rings. The topological polar surface area (TPSA) is 59.6 Å². The van der Waals surface area contributed by atoms with Gasteiger partial charge in [-0.1, -0.05) is 6.92 Å². The van der Waals surface area contributed by atoms with Gasteiger partial charge >= 0.3 is 0 Å². The van der Waals surface area contributed by atoms with Gasteiger partial charge in [0.15, 0.2) is 0 Å². The van der Waals surface area contributed by atoms with E-state index in [-0.39, 0.29) is 18.1 Å². The Kier molecular flexibility index (Phi) is 9.18. The van der Waals surface area contributed by atoms with Crippen LogP contribution in [0, 0.1) is 0 Å². The predicted octanol–water partition coefficient (Wildman–Crippen LogP) is 0.152. The molecule has 0 heterocycles. The van der Waals surface area contributed by atoms with Crippen LogP contribution >= 0.6 is 0 Å². The van der Waals surface area contributed by atoms with Crippen LogP contribution in [0.15, 0.2) is 0 Å². The number of carbonyl (C=O) groups is 1. The van der Waals surface area contributed by atoms with Crippen LogP contribution in [-0.4, -0.2) is 52.0 Å². The first kappa shape index (κ1) is 15.3. The molecule has 0 aliphatic rings. The second-order valence-electron chi connectivity index (χ2n) is 3.78. The van der Waals surface area contributed by atoms with Crippen molar-refractivity contribution in [3.05, 3.63) is 0 Å². The minimum Gasteiger partial charge on any atom is -0.382 e. The minimum absolute atomic E-state index is 0.0339. The molecule has 2 N–H and O–H groups in total. The van der Waals surface area contributed by atoms with Gasteiger partial charge in [0.25, 0.3) is 0 Å². The highest BCUT2D eigenvalue weighted by molar-refractivity contribution is 5.76. The lowest BCUT2D eigenvalue weighted by Gasteiger charge is -2.16. The van der Waals surface area contributed by atoms with Crippen molar-refractivity contribution >= 4 is 5.91 Å². The molecule has 0 rings (SSSR count). The Balaban J connectivity index is 3.70. The summed E-state index contributed by atoms with van der Waals surface area (Å²) in [5.74, 6) is 0.0339. The highest BCUT2D eigenvalue weighted by atomic mass is 16.5. The average molecular weight is 232 g/mol. The maximum atomic E-state index is 11.5. The Morgan fingerprint density at radius 1 is 1.38 bits per heavy atom. The van der Waals surface area contributed by atoms with Crippen LogP contribution in [0.5, 0.6) is 0 Å². The van der Waals surface area contributed by atoms with Crippen LogP contribution in [0.4, 0.5) is 0 Å². The van der Waals surface area contributed by atoms with Gasteiger partial charge in [0.05, 0.1) is 12.7 Å². The normalized spacial score (nSPS) is 14.5. The van der Waals surface area contributed by atoms with Gasteiger partial charge in [-0.05, 0) is 13.5 Å². The SMILES string of the molecule is CCNC(C)CC(=O)NCC(COC)OC. The summed E-state index contributed by atoms with van der Waals surface area (Å²) in [6.45, 7) is 5.86. The molecule has 0 spiro atoms. The average Bonchev–Trinajstić information content (AvgIpc) is 2.24. The van der Waals surface area contributed by atoms with E-state index < -0.39 is 0 Å². The second-order valence-corrected chi connectivity index (χ2v) is 3.78. The number of nitrogens with one attached hydrogen (secondary N) is 2. The summed E-state index contributed by atoms with van der Waals surface area (Å²) in [5.41, 5.74) is 0. The fraction of sp³-hybridized carbons (Fsp3) is 0.909. The van der Waals surface area contributed by atoms with Crippen molar-refractivity contribution in [3.63, 3.8) is 0 Å². The first-order valence-electron chi connectivity index (χ1n) is 5.65. The molecule has 0 aliphatic heterocycles. The fourth-order valence-corrected chi connectivity index (χ4v) is 1.39. The van der Waals surface area contributed by atoms with Crippen molar-refractivity contribution in [1.82, 2.24) is 10.6 Å². The van der Waals surface area contributed by atoms with E-state index in [9.17, 15) is 4.79 Å². The lowest BCUT2D eigenvalue weighted by molar-refractivity contribution is -0.122. The Bertz CT molecular complexity index is 188. The van der Waals surface area contributed by atoms with Gasteiger partial charge in [-0.3, -0.25) is 4.79 Å². The summed E-state index contributed by atoms with van der Waals surface area (Å²) in [6.07, 6.45) is 0.403. The van der Waals surface area contributed by atoms with Crippen LogP contribution in [0.25, 0.3) is 0 Å². The predicted molar refractivity (Wildman–Crippen MR) is 63.4 cm³/mol. The van der Waals surface area contributed by atoms with Gasteiger partial charge in [-0.2, -0.15) is 0 Å². The highest BCUT2D eigenvalue weighted by Gasteiger charge is 2.11. The van der Waals surface area contributed by atoms with Gasteiger partial charge in [0, 0.05) is 33.2 Å². The van der Waals surface area contributed by atoms with E-state index in [0.29, 0.717) is 19.6 Å². The Hall–Kier alpha value is -0.650. The molecule has 0 aromatic rings. The molecule has 0 radical (unpaired) electrons. The van der Waals surface area contributed by atoms with E-state index in [0.717, 1.165) is 6.54 Å². The van der Waals surface area contributed by atoms with Gasteiger partial charge in [-0.15, -0.1) is 0 Å². The zero-order valence-corrected chi connectivity index (χ0v) is 10.7. The van der Waals surface area contributed by atoms with Crippen molar-refractivity contribution in [2.24, 2.45) is 0 Å². The van der Waals surface area contributed by atoms with Crippen LogP contribution in [-0.2, 0) is 14.3 Å². The number of hydrogen-bond acceptors (Lipinski definition) is 4.